The van der Waals surface area contributed by atoms with Crippen molar-refractivity contribution in [2.24, 2.45) is 22.9 Å². The van der Waals surface area contributed by atoms with Gasteiger partial charge in [-0.05, 0) is 25.8 Å². The summed E-state index contributed by atoms with van der Waals surface area (Å²) in [6.07, 6.45) is 1.59. The van der Waals surface area contributed by atoms with Gasteiger partial charge in [0, 0.05) is 0 Å². The zero-order chi connectivity index (χ0) is 11.9. The van der Waals surface area contributed by atoms with E-state index in [1.807, 2.05) is 0 Å². The van der Waals surface area contributed by atoms with Crippen LogP contribution in [0.3, 0.4) is 0 Å². The highest BCUT2D eigenvalue weighted by molar-refractivity contribution is 6.12. The van der Waals surface area contributed by atoms with Crippen LogP contribution in [-0.4, -0.2) is 36.7 Å². The van der Waals surface area contributed by atoms with E-state index in [2.05, 4.69) is 0 Å². The molecule has 0 aliphatic rings. The van der Waals surface area contributed by atoms with E-state index in [1.54, 1.807) is 0 Å². The molecule has 0 heterocycles. The summed E-state index contributed by atoms with van der Waals surface area (Å²) >= 11 is 0. The number of unbranched alkanes of at least 4 members (excludes halogenated alkanes) is 1. The van der Waals surface area contributed by atoms with E-state index in [4.69, 9.17) is 22.9 Å². The minimum atomic E-state index is -1.52. The first kappa shape index (κ1) is 14.2. The van der Waals surface area contributed by atoms with Gasteiger partial charge in [-0.3, -0.25) is 9.59 Å². The van der Waals surface area contributed by atoms with E-state index in [0.29, 0.717) is 19.4 Å². The van der Waals surface area contributed by atoms with Gasteiger partial charge in [0.25, 0.3) is 0 Å². The molecule has 0 unspecified atom stereocenters. The lowest BCUT2D eigenvalue weighted by atomic mass is 9.84. The molecule has 0 bridgehead atoms. The highest BCUT2D eigenvalue weighted by Gasteiger charge is 2.38. The van der Waals surface area contributed by atoms with Crippen molar-refractivity contribution in [2.45, 2.75) is 24.8 Å². The number of carbonyl (C=O) groups is 2. The molecule has 0 saturated carbocycles. The van der Waals surface area contributed by atoms with Crippen LogP contribution in [0, 0.1) is 0 Å². The van der Waals surface area contributed by atoms with Gasteiger partial charge in [-0.25, -0.2) is 0 Å². The first-order valence-corrected chi connectivity index (χ1v) is 4.98. The fourth-order valence-corrected chi connectivity index (χ4v) is 1.35. The Labute approximate surface area is 89.3 Å². The highest BCUT2D eigenvalue weighted by atomic mass is 16.2. The maximum atomic E-state index is 11.5. The molecule has 0 aromatic carbocycles. The summed E-state index contributed by atoms with van der Waals surface area (Å²) in [4.78, 5) is 22.9. The monoisotopic (exact) mass is 216 g/mol. The van der Waals surface area contributed by atoms with Crippen molar-refractivity contribution in [3.63, 3.8) is 0 Å². The molecule has 0 atom stereocenters. The summed E-state index contributed by atoms with van der Waals surface area (Å²) in [6.45, 7) is 0.0133. The molecule has 0 aliphatic heterocycles. The molecule has 8 N–H and O–H groups in total. The summed E-state index contributed by atoms with van der Waals surface area (Å²) in [6, 6.07) is 0. The molecule has 0 spiro atoms. The lowest BCUT2D eigenvalue weighted by Crippen LogP contribution is -2.59. The fourth-order valence-electron chi connectivity index (χ4n) is 1.35. The van der Waals surface area contributed by atoms with Crippen molar-refractivity contribution in [3.05, 3.63) is 0 Å². The van der Waals surface area contributed by atoms with Crippen LogP contribution in [0.15, 0.2) is 0 Å². The van der Waals surface area contributed by atoms with Gasteiger partial charge in [0.1, 0.15) is 5.54 Å². The molecule has 15 heavy (non-hydrogen) atoms. The van der Waals surface area contributed by atoms with E-state index in [-0.39, 0.29) is 19.5 Å². The Bertz CT molecular complexity index is 214. The Hall–Kier alpha value is -0.820. The number of nitrogens with two attached hydrogens (primary N) is 4. The molecule has 0 saturated heterocycles. The molecule has 6 heteroatoms. The SMILES string of the molecule is NCCCCC(N)(C(=O)CN)C(=O)CN. The Balaban J connectivity index is 4.55. The Morgan fingerprint density at radius 2 is 1.40 bits per heavy atom. The lowest BCUT2D eigenvalue weighted by molar-refractivity contribution is -0.133. The first-order chi connectivity index (χ1) is 7.02. The molecular formula is C9H20N4O2. The first-order valence-electron chi connectivity index (χ1n) is 4.98. The van der Waals surface area contributed by atoms with Crippen molar-refractivity contribution >= 4 is 11.6 Å². The number of rotatable bonds is 8. The van der Waals surface area contributed by atoms with Crippen LogP contribution in [0.25, 0.3) is 0 Å². The predicted molar refractivity (Wildman–Crippen MR) is 57.9 cm³/mol. The van der Waals surface area contributed by atoms with Gasteiger partial charge in [-0.15, -0.1) is 0 Å². The van der Waals surface area contributed by atoms with Crippen LogP contribution in [0.2, 0.25) is 0 Å². The second-order valence-corrected chi connectivity index (χ2v) is 3.47. The van der Waals surface area contributed by atoms with Gasteiger partial charge in [0.2, 0.25) is 0 Å². The van der Waals surface area contributed by atoms with Crippen LogP contribution in [0.5, 0.6) is 0 Å². The van der Waals surface area contributed by atoms with Crippen LogP contribution >= 0.6 is 0 Å². The molecule has 0 aromatic heterocycles. The smallest absolute Gasteiger partial charge is 0.173 e. The molecule has 0 rings (SSSR count). The normalized spacial score (nSPS) is 11.5. The molecule has 0 fully saturated rings. The molecule has 88 valence electrons. The van der Waals surface area contributed by atoms with Crippen molar-refractivity contribution in [1.82, 2.24) is 0 Å². The summed E-state index contributed by atoms with van der Waals surface area (Å²) in [5, 5.41) is 0. The molecule has 0 aromatic rings. The lowest BCUT2D eigenvalue weighted by Gasteiger charge is -2.25. The Morgan fingerprint density at radius 1 is 0.933 bits per heavy atom. The van der Waals surface area contributed by atoms with Gasteiger partial charge in [0.15, 0.2) is 11.6 Å². The third-order valence-electron chi connectivity index (χ3n) is 2.39. The number of hydrogen-bond acceptors (Lipinski definition) is 6. The number of ketones is 2. The molecule has 0 aliphatic carbocycles. The van der Waals surface area contributed by atoms with E-state index in [1.165, 1.54) is 0 Å². The van der Waals surface area contributed by atoms with E-state index in [0.717, 1.165) is 0 Å². The second-order valence-electron chi connectivity index (χ2n) is 3.47. The summed E-state index contributed by atoms with van der Waals surface area (Å²) < 4.78 is 0. The second kappa shape index (κ2) is 6.62. The molecule has 0 radical (unpaired) electrons. The number of carbonyl (C=O) groups excluding carboxylic acids is 2. The minimum absolute atomic E-state index is 0.245. The molecular weight excluding hydrogens is 196 g/mol. The maximum Gasteiger partial charge on any atom is 0.173 e. The third-order valence-corrected chi connectivity index (χ3v) is 2.39. The molecule has 0 amide bonds. The standard InChI is InChI=1S/C9H20N4O2/c10-4-2-1-3-9(13,7(14)5-11)8(15)6-12/h1-6,10-13H2. The van der Waals surface area contributed by atoms with Gasteiger partial charge in [-0.1, -0.05) is 0 Å². The summed E-state index contributed by atoms with van der Waals surface area (Å²) in [5.74, 6) is -0.926. The van der Waals surface area contributed by atoms with E-state index >= 15 is 0 Å². The van der Waals surface area contributed by atoms with Gasteiger partial charge >= 0.3 is 0 Å². The van der Waals surface area contributed by atoms with Gasteiger partial charge in [-0.2, -0.15) is 0 Å². The van der Waals surface area contributed by atoms with E-state index in [9.17, 15) is 9.59 Å². The minimum Gasteiger partial charge on any atom is -0.330 e. The van der Waals surface area contributed by atoms with Crippen LogP contribution in [0.4, 0.5) is 0 Å². The van der Waals surface area contributed by atoms with Crippen molar-refractivity contribution < 1.29 is 9.59 Å². The topological polar surface area (TPSA) is 138 Å². The highest BCUT2D eigenvalue weighted by Crippen LogP contribution is 2.13. The largest absolute Gasteiger partial charge is 0.330 e. The quantitative estimate of drug-likeness (QED) is 0.270. The number of Topliss-reactive ketones (excluding diaryl/α,β-unsaturated/α-hetero) is 2. The van der Waals surface area contributed by atoms with Crippen molar-refractivity contribution in [1.29, 1.82) is 0 Å². The average molecular weight is 216 g/mol. The number of hydrogen-bond donors (Lipinski definition) is 4. The maximum absolute atomic E-state index is 11.5. The zero-order valence-corrected chi connectivity index (χ0v) is 8.87. The van der Waals surface area contributed by atoms with Crippen LogP contribution in [0.1, 0.15) is 19.3 Å². The Morgan fingerprint density at radius 3 is 1.73 bits per heavy atom. The van der Waals surface area contributed by atoms with Crippen molar-refractivity contribution in [2.75, 3.05) is 19.6 Å². The Kier molecular flexibility index (Phi) is 6.26. The van der Waals surface area contributed by atoms with Gasteiger partial charge in [0.05, 0.1) is 13.1 Å². The van der Waals surface area contributed by atoms with Gasteiger partial charge < -0.3 is 22.9 Å². The summed E-state index contributed by atoms with van der Waals surface area (Å²) in [5.41, 5.74) is 20.0. The molecule has 6 nitrogen and oxygen atoms in total. The third kappa shape index (κ3) is 3.67. The zero-order valence-electron chi connectivity index (χ0n) is 8.87. The summed E-state index contributed by atoms with van der Waals surface area (Å²) in [7, 11) is 0. The van der Waals surface area contributed by atoms with Crippen LogP contribution < -0.4 is 22.9 Å². The van der Waals surface area contributed by atoms with Crippen LogP contribution in [-0.2, 0) is 9.59 Å². The van der Waals surface area contributed by atoms with E-state index < -0.39 is 17.1 Å². The fraction of sp³-hybridized carbons (Fsp3) is 0.778. The van der Waals surface area contributed by atoms with Crippen molar-refractivity contribution in [3.8, 4) is 0 Å². The predicted octanol–water partition coefficient (Wildman–Crippen LogP) is -2.13. The average Bonchev–Trinajstić information content (AvgIpc) is 2.26.